The predicted molar refractivity (Wildman–Crippen MR) is 150 cm³/mol. The summed E-state index contributed by atoms with van der Waals surface area (Å²) in [6.07, 6.45) is 4.30. The van der Waals surface area contributed by atoms with E-state index in [9.17, 15) is 4.79 Å². The number of nitrogens with zero attached hydrogens (tertiary/aromatic N) is 3. The van der Waals surface area contributed by atoms with Crippen LogP contribution >= 0.6 is 34.4 Å². The Morgan fingerprint density at radius 1 is 1.14 bits per heavy atom. The van der Waals surface area contributed by atoms with Gasteiger partial charge in [-0.3, -0.25) is 9.36 Å². The Labute approximate surface area is 218 Å². The first-order valence-corrected chi connectivity index (χ1v) is 14.4. The third kappa shape index (κ3) is 4.53. The Morgan fingerprint density at radius 3 is 2.69 bits per heavy atom. The van der Waals surface area contributed by atoms with Gasteiger partial charge in [0.15, 0.2) is 12.7 Å². The molecule has 2 aromatic heterocycles. The second kappa shape index (κ2) is 9.80. The summed E-state index contributed by atoms with van der Waals surface area (Å²) < 4.78 is 5.98. The summed E-state index contributed by atoms with van der Waals surface area (Å²) in [7, 11) is 2.07. The monoisotopic (exact) mass is 520 g/mol. The fourth-order valence-electron chi connectivity index (χ4n) is 4.34. The number of aryl methyl sites for hydroxylation is 1. The number of benzene rings is 2. The largest absolute Gasteiger partial charge is 0.337 e. The molecule has 4 aromatic rings. The average Bonchev–Trinajstić information content (AvgIpc) is 3.51. The summed E-state index contributed by atoms with van der Waals surface area (Å²) >= 11 is 5.02. The molecule has 35 heavy (non-hydrogen) atoms. The first kappa shape index (κ1) is 24.1. The van der Waals surface area contributed by atoms with Gasteiger partial charge in [0.2, 0.25) is 0 Å². The molecule has 0 amide bonds. The minimum Gasteiger partial charge on any atom is -0.337 e. The normalized spacial score (nSPS) is 15.4. The maximum atomic E-state index is 13.5. The molecule has 0 bridgehead atoms. The van der Waals surface area contributed by atoms with E-state index in [4.69, 9.17) is 0 Å². The van der Waals surface area contributed by atoms with Crippen LogP contribution in [0.3, 0.4) is 0 Å². The Kier molecular flexibility index (Phi) is 6.75. The van der Waals surface area contributed by atoms with Gasteiger partial charge in [0.05, 0.1) is 17.1 Å². The Bertz CT molecular complexity index is 1580. The molecule has 4 nitrogen and oxygen atoms in total. The van der Waals surface area contributed by atoms with Crippen molar-refractivity contribution < 1.29 is 4.57 Å². The molecular formula is C28H30N3OS3+. The van der Waals surface area contributed by atoms with Crippen LogP contribution in [-0.2, 0) is 13.1 Å². The highest BCUT2D eigenvalue weighted by Gasteiger charge is 2.25. The van der Waals surface area contributed by atoms with Gasteiger partial charge >= 0.3 is 0 Å². The molecule has 0 N–H and O–H groups in total. The maximum absolute atomic E-state index is 13.5. The van der Waals surface area contributed by atoms with Crippen LogP contribution in [0.15, 0.2) is 63.7 Å². The molecule has 0 fully saturated rings. The first-order chi connectivity index (χ1) is 16.9. The zero-order valence-corrected chi connectivity index (χ0v) is 23.2. The van der Waals surface area contributed by atoms with Crippen molar-refractivity contribution >= 4 is 51.2 Å². The van der Waals surface area contributed by atoms with E-state index >= 15 is 0 Å². The third-order valence-corrected chi connectivity index (χ3v) is 9.83. The lowest BCUT2D eigenvalue weighted by molar-refractivity contribution is -0.685. The molecule has 180 valence electrons. The van der Waals surface area contributed by atoms with Gasteiger partial charge in [0, 0.05) is 24.1 Å². The molecule has 0 unspecified atom stereocenters. The molecule has 1 aliphatic rings. The van der Waals surface area contributed by atoms with E-state index in [1.54, 1.807) is 34.4 Å². The van der Waals surface area contributed by atoms with E-state index in [1.165, 1.54) is 27.3 Å². The van der Waals surface area contributed by atoms with Crippen LogP contribution in [0.2, 0.25) is 0 Å². The summed E-state index contributed by atoms with van der Waals surface area (Å²) in [6.45, 7) is 10.1. The second-order valence-corrected chi connectivity index (χ2v) is 12.1. The molecular weight excluding hydrogens is 491 g/mol. The lowest BCUT2D eigenvalue weighted by Crippen LogP contribution is -2.36. The molecule has 5 rings (SSSR count). The van der Waals surface area contributed by atoms with Gasteiger partial charge in [-0.05, 0) is 43.0 Å². The maximum Gasteiger partial charge on any atom is 0.271 e. The molecule has 1 aliphatic heterocycles. The first-order valence-electron chi connectivity index (χ1n) is 11.9. The molecule has 2 aromatic carbocycles. The van der Waals surface area contributed by atoms with Crippen molar-refractivity contribution in [3.05, 3.63) is 95.3 Å². The summed E-state index contributed by atoms with van der Waals surface area (Å²) in [5, 5.41) is 4.29. The zero-order valence-electron chi connectivity index (χ0n) is 20.7. The number of thioether (sulfide) groups is 1. The van der Waals surface area contributed by atoms with Gasteiger partial charge < -0.3 is 4.90 Å². The van der Waals surface area contributed by atoms with E-state index < -0.39 is 0 Å². The van der Waals surface area contributed by atoms with Crippen molar-refractivity contribution in [2.75, 3.05) is 11.9 Å². The third-order valence-electron chi connectivity index (χ3n) is 6.51. The van der Waals surface area contributed by atoms with Crippen LogP contribution in [0.4, 0.5) is 5.69 Å². The minimum atomic E-state index is 0.0944. The van der Waals surface area contributed by atoms with Crippen molar-refractivity contribution in [3.63, 3.8) is 0 Å². The minimum absolute atomic E-state index is 0.0944. The molecule has 0 spiro atoms. The predicted octanol–water partition coefficient (Wildman–Crippen LogP) is 4.90. The summed E-state index contributed by atoms with van der Waals surface area (Å²) in [6, 6.07) is 15.2. The Morgan fingerprint density at radius 2 is 1.94 bits per heavy atom. The van der Waals surface area contributed by atoms with Crippen LogP contribution in [0, 0.1) is 6.92 Å². The van der Waals surface area contributed by atoms with Crippen LogP contribution in [0.1, 0.15) is 48.4 Å². The zero-order chi connectivity index (χ0) is 24.7. The molecule has 7 heteroatoms. The SMILES string of the molecule is CCn1c(=O)/c(=C2\Sc3cc(C(C)C)ccc3N2C)s/c1=C\c1scc[n+]1Cc1ccccc1C. The smallest absolute Gasteiger partial charge is 0.271 e. The highest BCUT2D eigenvalue weighted by atomic mass is 32.2. The lowest BCUT2D eigenvalue weighted by Gasteiger charge is -2.13. The highest BCUT2D eigenvalue weighted by molar-refractivity contribution is 8.08. The van der Waals surface area contributed by atoms with Gasteiger partial charge in [0.1, 0.15) is 14.2 Å². The van der Waals surface area contributed by atoms with Gasteiger partial charge in [-0.15, -0.1) is 11.3 Å². The summed E-state index contributed by atoms with van der Waals surface area (Å²) in [5.41, 5.74) is 5.19. The van der Waals surface area contributed by atoms with E-state index in [1.807, 2.05) is 11.5 Å². The van der Waals surface area contributed by atoms with Crippen molar-refractivity contribution in [2.45, 2.75) is 51.6 Å². The topological polar surface area (TPSA) is 29.1 Å². The number of aromatic nitrogens is 2. The van der Waals surface area contributed by atoms with E-state index in [0.717, 1.165) is 25.8 Å². The van der Waals surface area contributed by atoms with Crippen molar-refractivity contribution in [1.82, 2.24) is 4.57 Å². The van der Waals surface area contributed by atoms with Crippen LogP contribution in [-0.4, -0.2) is 11.6 Å². The summed E-state index contributed by atoms with van der Waals surface area (Å²) in [4.78, 5) is 16.9. The molecule has 0 atom stereocenters. The lowest BCUT2D eigenvalue weighted by atomic mass is 10.0. The molecule has 0 radical (unpaired) electrons. The quantitative estimate of drug-likeness (QED) is 0.351. The van der Waals surface area contributed by atoms with Gasteiger partial charge in [0.25, 0.3) is 10.6 Å². The number of hydrogen-bond acceptors (Lipinski definition) is 5. The van der Waals surface area contributed by atoms with Crippen molar-refractivity contribution in [3.8, 4) is 0 Å². The number of anilines is 1. The van der Waals surface area contributed by atoms with Crippen molar-refractivity contribution in [2.24, 2.45) is 0 Å². The molecule has 0 saturated carbocycles. The number of fused-ring (bicyclic) bond motifs is 1. The fourth-order valence-corrected chi connectivity index (χ4v) is 7.70. The number of rotatable bonds is 5. The standard InChI is InChI=1S/C28H30N3OS3/c1-6-31-25(16-24-30(13-14-33-24)17-21-10-8-7-9-19(21)4)35-26(27(31)32)28-29(5)22-12-11-20(18(2)3)15-23(22)34-28/h7-16,18H,6,17H2,1-5H3/q+1/b28-26+. The molecule has 0 saturated heterocycles. The van der Waals surface area contributed by atoms with Gasteiger partial charge in [-0.25, -0.2) is 0 Å². The molecule has 0 aliphatic carbocycles. The number of hydrogen-bond donors (Lipinski definition) is 0. The van der Waals surface area contributed by atoms with E-state index in [0.29, 0.717) is 12.5 Å². The number of thiazole rings is 2. The Balaban J connectivity index is 1.59. The van der Waals surface area contributed by atoms with Crippen LogP contribution in [0.25, 0.3) is 11.1 Å². The van der Waals surface area contributed by atoms with Gasteiger partial charge in [-0.1, -0.05) is 67.3 Å². The Hall–Kier alpha value is -2.61. The molecule has 3 heterocycles. The van der Waals surface area contributed by atoms with Crippen molar-refractivity contribution in [1.29, 1.82) is 0 Å². The second-order valence-electron chi connectivity index (χ2n) is 9.11. The fraction of sp³-hybridized carbons (Fsp3) is 0.286. The average molecular weight is 521 g/mol. The van der Waals surface area contributed by atoms with Crippen LogP contribution < -0.4 is 24.2 Å². The highest BCUT2D eigenvalue weighted by Crippen LogP contribution is 2.46. The van der Waals surface area contributed by atoms with E-state index in [-0.39, 0.29) is 5.56 Å². The summed E-state index contributed by atoms with van der Waals surface area (Å²) in [5.74, 6) is 0.479. The van der Waals surface area contributed by atoms with Gasteiger partial charge in [-0.2, -0.15) is 4.57 Å². The van der Waals surface area contributed by atoms with E-state index in [2.05, 4.69) is 97.4 Å². The van der Waals surface area contributed by atoms with Crippen LogP contribution in [0.5, 0.6) is 0 Å².